The van der Waals surface area contributed by atoms with E-state index in [1.807, 2.05) is 48.6 Å². The van der Waals surface area contributed by atoms with Crippen LogP contribution in [0.4, 0.5) is 0 Å². The van der Waals surface area contributed by atoms with Gasteiger partial charge in [0.25, 0.3) is 0 Å². The Morgan fingerprint density at radius 1 is 0.738 bits per heavy atom. The van der Waals surface area contributed by atoms with Crippen LogP contribution in [-0.4, -0.2) is 29.8 Å². The van der Waals surface area contributed by atoms with Crippen LogP contribution in [0.15, 0.2) is 104 Å². The first-order valence-corrected chi connectivity index (χ1v) is 17.1. The van der Waals surface area contributed by atoms with Gasteiger partial charge in [0.2, 0.25) is 0 Å². The van der Waals surface area contributed by atoms with E-state index in [0.29, 0.717) is 5.57 Å². The molecule has 3 nitrogen and oxygen atoms in total. The van der Waals surface area contributed by atoms with Crippen LogP contribution in [0.25, 0.3) is 5.57 Å². The molecule has 0 N–H and O–H groups in total. The van der Waals surface area contributed by atoms with Gasteiger partial charge in [-0.2, -0.15) is 0 Å². The molecule has 42 heavy (non-hydrogen) atoms. The molecule has 3 aliphatic rings. The summed E-state index contributed by atoms with van der Waals surface area (Å²) in [4.78, 5) is 13.9. The molecule has 4 rings (SSSR count). The van der Waals surface area contributed by atoms with Crippen molar-refractivity contribution in [3.05, 3.63) is 109 Å². The average molecular weight is 678 g/mol. The van der Waals surface area contributed by atoms with Crippen molar-refractivity contribution in [2.75, 3.05) is 0 Å². The third-order valence-corrected chi connectivity index (χ3v) is 12.8. The smallest absolute Gasteiger partial charge is 0.0530 e. The molecule has 223 valence electrons. The summed E-state index contributed by atoms with van der Waals surface area (Å²) < 4.78 is 9.27. The molecule has 0 amide bonds. The van der Waals surface area contributed by atoms with Crippen LogP contribution >= 0.6 is 0 Å². The zero-order chi connectivity index (χ0) is 31.4. The Morgan fingerprint density at radius 2 is 1.29 bits per heavy atom. The van der Waals surface area contributed by atoms with Crippen molar-refractivity contribution in [1.29, 1.82) is 0 Å². The van der Waals surface area contributed by atoms with Crippen LogP contribution < -0.4 is 5.11 Å². The molecule has 2 aliphatic heterocycles. The Kier molecular flexibility index (Phi) is 8.53. The van der Waals surface area contributed by atoms with Crippen molar-refractivity contribution in [3.8, 4) is 0 Å². The minimum Gasteiger partial charge on any atom is -0.0530 e. The van der Waals surface area contributed by atoms with Crippen molar-refractivity contribution in [2.24, 2.45) is 21.7 Å². The molecule has 0 saturated carbocycles. The molecule has 4 heteroatoms. The van der Waals surface area contributed by atoms with E-state index in [1.54, 1.807) is 0 Å². The third-order valence-electron chi connectivity index (χ3n) is 7.42. The molecule has 0 saturated heterocycles. The molecule has 0 spiro atoms. The van der Waals surface area contributed by atoms with E-state index in [2.05, 4.69) is 95.2 Å². The second-order valence-corrected chi connectivity index (χ2v) is 18.6. The maximum absolute atomic E-state index is 13.9. The van der Waals surface area contributed by atoms with Gasteiger partial charge in [-0.15, -0.1) is 0 Å². The van der Waals surface area contributed by atoms with Crippen LogP contribution in [0.5, 0.6) is 0 Å². The second-order valence-electron chi connectivity index (χ2n) is 15.5. The number of benzene rings is 1. The van der Waals surface area contributed by atoms with Gasteiger partial charge < -0.3 is 0 Å². The molecule has 1 aromatic carbocycles. The van der Waals surface area contributed by atoms with Crippen LogP contribution in [0.2, 0.25) is 0 Å². The van der Waals surface area contributed by atoms with Crippen molar-refractivity contribution in [2.45, 2.75) is 83.1 Å². The Balaban J connectivity index is 1.94. The molecule has 0 atom stereocenters. The molecule has 0 bridgehead atoms. The molecule has 1 radical (unpaired) electrons. The van der Waals surface area contributed by atoms with Gasteiger partial charge >= 0.3 is 223 Å². The fourth-order valence-corrected chi connectivity index (χ4v) is 8.26. The summed E-state index contributed by atoms with van der Waals surface area (Å²) in [5, 5.41) is 13.9. The number of carbonyl (C=O) groups is 1. The fraction of sp³-hybridized carbons (Fsp3) is 0.421. The predicted molar refractivity (Wildman–Crippen MR) is 175 cm³/mol. The minimum atomic E-state index is -0.497. The van der Waals surface area contributed by atoms with E-state index in [9.17, 15) is 9.90 Å². The number of carbonyl (C=O) groups excluding carboxylic acids is 1. The zero-order valence-electron chi connectivity index (χ0n) is 27.4. The predicted octanol–water partition coefficient (Wildman–Crippen LogP) is 8.25. The minimum absolute atomic E-state index is 0.0455. The van der Waals surface area contributed by atoms with E-state index in [0.717, 1.165) is 28.2 Å². The number of rotatable bonds is 3. The summed E-state index contributed by atoms with van der Waals surface area (Å²) in [6, 6.07) is 9.78. The molecular formula is C38H46O3Te-. The van der Waals surface area contributed by atoms with Crippen LogP contribution in [0, 0.1) is 21.7 Å². The van der Waals surface area contributed by atoms with E-state index < -0.39 is 20.5 Å². The zero-order valence-corrected chi connectivity index (χ0v) is 29.7. The summed E-state index contributed by atoms with van der Waals surface area (Å²) in [5.41, 5.74) is 3.40. The number of ether oxygens (including phenoxy) is 1. The number of hydrogen-bond acceptors (Lipinski definition) is 3. The van der Waals surface area contributed by atoms with Gasteiger partial charge in [-0.25, -0.2) is 0 Å². The molecule has 1 aliphatic carbocycles. The number of allylic oxidation sites excluding steroid dienone is 13. The number of Topliss-reactive ketones (excluding diaryl/α,β-unsaturated/α-hetero) is 1. The Hall–Kier alpha value is -2.67. The number of ketones is 1. The number of hydrogen-bond donors (Lipinski definition) is 0. The van der Waals surface area contributed by atoms with E-state index in [-0.39, 0.29) is 44.3 Å². The molecule has 1 aromatic rings. The van der Waals surface area contributed by atoms with Gasteiger partial charge in [0, 0.05) is 0 Å². The standard InChI is InChI=1S/C38H47O3Te/c1-35(2,3)27-21-25(22-28(41-27)36(4,5)6)31(24-16-14-13-15-17-24)32-33(39)26(34(32)40)18-23-19-29(37(7,8)9)42-30(20-23)38(10,11)12/h13-22,39H,1-12H3/p-1. The maximum atomic E-state index is 13.9. The molecule has 0 unspecified atom stereocenters. The normalized spacial score (nSPS) is 19.4. The summed E-state index contributed by atoms with van der Waals surface area (Å²) in [7, 11) is 0. The van der Waals surface area contributed by atoms with Gasteiger partial charge in [0.1, 0.15) is 0 Å². The molecule has 0 aromatic heterocycles. The van der Waals surface area contributed by atoms with Crippen molar-refractivity contribution < 1.29 is 14.6 Å². The Bertz CT molecular complexity index is 1510. The first kappa shape index (κ1) is 32.2. The first-order valence-electron chi connectivity index (χ1n) is 14.8. The van der Waals surface area contributed by atoms with Crippen LogP contribution in [0.1, 0.15) is 88.6 Å². The second kappa shape index (κ2) is 11.1. The van der Waals surface area contributed by atoms with Crippen molar-refractivity contribution in [1.82, 2.24) is 0 Å². The first-order chi connectivity index (χ1) is 19.2. The fourth-order valence-electron chi connectivity index (χ4n) is 4.73. The van der Waals surface area contributed by atoms with Gasteiger partial charge in [-0.1, -0.05) is 41.5 Å². The van der Waals surface area contributed by atoms with Gasteiger partial charge in [-0.3, -0.25) is 0 Å². The van der Waals surface area contributed by atoms with Crippen LogP contribution in [0.3, 0.4) is 0 Å². The van der Waals surface area contributed by atoms with E-state index in [1.165, 1.54) is 7.17 Å². The summed E-state index contributed by atoms with van der Waals surface area (Å²) in [6.45, 7) is 26.1. The quantitative estimate of drug-likeness (QED) is 0.239. The third kappa shape index (κ3) is 6.77. The van der Waals surface area contributed by atoms with Crippen molar-refractivity contribution >= 4 is 35.4 Å². The Morgan fingerprint density at radius 3 is 1.74 bits per heavy atom. The van der Waals surface area contributed by atoms with Crippen LogP contribution in [-0.2, 0) is 9.53 Å². The topological polar surface area (TPSA) is 49.4 Å². The summed E-state index contributed by atoms with van der Waals surface area (Å²) in [6.07, 6.45) is 10.3. The monoisotopic (exact) mass is 680 g/mol. The summed E-state index contributed by atoms with van der Waals surface area (Å²) in [5.74, 6) is 1.24. The molecule has 0 fully saturated rings. The van der Waals surface area contributed by atoms with Gasteiger partial charge in [0.05, 0.1) is 0 Å². The van der Waals surface area contributed by atoms with Gasteiger partial charge in [-0.05, 0) is 0 Å². The molecule has 2 heterocycles. The van der Waals surface area contributed by atoms with Gasteiger partial charge in [0.15, 0.2) is 0 Å². The average Bonchev–Trinajstić information content (AvgIpc) is 2.88. The van der Waals surface area contributed by atoms with E-state index >= 15 is 0 Å². The summed E-state index contributed by atoms with van der Waals surface area (Å²) >= 11 is -0.497. The SMILES string of the molecule is CC(C)(C)C1=CC(=C(C2=C([O-])C(=CC3=CC(C(C)(C)C)=[Te]C(C(C)(C)C)=C3)C2=O)c2ccccc2)C=C(C(C)(C)C)O1. The molecular weight excluding hydrogens is 632 g/mol. The van der Waals surface area contributed by atoms with Crippen molar-refractivity contribution in [3.63, 3.8) is 0 Å². The Labute approximate surface area is 263 Å². The van der Waals surface area contributed by atoms with E-state index in [4.69, 9.17) is 4.74 Å².